The summed E-state index contributed by atoms with van der Waals surface area (Å²) in [6, 6.07) is 10.9. The maximum atomic E-state index is 14.1. The molecule has 0 radical (unpaired) electrons. The second-order valence-corrected chi connectivity index (χ2v) is 9.33. The highest BCUT2D eigenvalue weighted by Gasteiger charge is 2.21. The van der Waals surface area contributed by atoms with Crippen molar-refractivity contribution in [1.82, 2.24) is 14.3 Å². The Hall–Kier alpha value is -2.76. The van der Waals surface area contributed by atoms with E-state index in [1.165, 1.54) is 28.8 Å². The molecule has 3 aromatic rings. The van der Waals surface area contributed by atoms with Crippen LogP contribution < -0.4 is 16.4 Å². The van der Waals surface area contributed by atoms with E-state index in [0.29, 0.717) is 29.1 Å². The monoisotopic (exact) mass is 508 g/mol. The fourth-order valence-corrected chi connectivity index (χ4v) is 4.66. The molecule has 2 aromatic carbocycles. The lowest BCUT2D eigenvalue weighted by atomic mass is 10.3. The van der Waals surface area contributed by atoms with Crippen molar-refractivity contribution in [3.63, 3.8) is 0 Å². The molecule has 3 rings (SSSR count). The average molecular weight is 509 g/mol. The summed E-state index contributed by atoms with van der Waals surface area (Å²) >= 11 is 3.21. The molecule has 1 heterocycles. The van der Waals surface area contributed by atoms with Crippen LogP contribution in [-0.4, -0.2) is 35.8 Å². The molecule has 31 heavy (non-hydrogen) atoms. The number of halogens is 2. The van der Waals surface area contributed by atoms with Crippen LogP contribution in [-0.2, 0) is 10.0 Å². The smallest absolute Gasteiger partial charge is 0.243 e. The van der Waals surface area contributed by atoms with Crippen molar-refractivity contribution in [2.45, 2.75) is 18.7 Å². The molecule has 0 saturated carbocycles. The first-order valence-corrected chi connectivity index (χ1v) is 11.7. The van der Waals surface area contributed by atoms with E-state index < -0.39 is 15.8 Å². The number of nitrogen functional groups attached to an aromatic ring is 1. The Morgan fingerprint density at radius 1 is 1.03 bits per heavy atom. The maximum Gasteiger partial charge on any atom is 0.243 e. The molecule has 0 saturated heterocycles. The minimum absolute atomic E-state index is 0.185. The largest absolute Gasteiger partial charge is 0.393 e. The van der Waals surface area contributed by atoms with Crippen molar-refractivity contribution in [2.24, 2.45) is 0 Å². The van der Waals surface area contributed by atoms with Crippen LogP contribution in [0.15, 0.2) is 58.2 Å². The zero-order valence-corrected chi connectivity index (χ0v) is 19.3. The fraction of sp³-hybridized carbons (Fsp3) is 0.200. The molecule has 4 N–H and O–H groups in total. The summed E-state index contributed by atoms with van der Waals surface area (Å²) in [6.07, 6.45) is 1.29. The summed E-state index contributed by atoms with van der Waals surface area (Å²) in [5, 5.41) is 5.88. The normalized spacial score (nSPS) is 11.5. The van der Waals surface area contributed by atoms with E-state index in [-0.39, 0.29) is 22.1 Å². The van der Waals surface area contributed by atoms with E-state index >= 15 is 0 Å². The molecule has 0 unspecified atom stereocenters. The Balaban J connectivity index is 1.81. The van der Waals surface area contributed by atoms with Crippen LogP contribution in [0.5, 0.6) is 0 Å². The number of hydrogen-bond acceptors (Lipinski definition) is 7. The van der Waals surface area contributed by atoms with E-state index in [2.05, 4.69) is 36.5 Å². The molecular weight excluding hydrogens is 487 g/mol. The number of hydrogen-bond donors (Lipinski definition) is 3. The van der Waals surface area contributed by atoms with Gasteiger partial charge in [-0.2, -0.15) is 4.31 Å². The van der Waals surface area contributed by atoms with E-state index in [1.807, 2.05) is 0 Å². The predicted octanol–water partition coefficient (Wildman–Crippen LogP) is 4.48. The van der Waals surface area contributed by atoms with Crippen molar-refractivity contribution in [3.05, 3.63) is 59.1 Å². The molecule has 0 atom stereocenters. The SMILES string of the molecule is CCN(CC)S(=O)(=O)c1ccc(Nc2ncnc(Nc3ccc(Br)cc3F)c2N)cc1. The lowest BCUT2D eigenvalue weighted by Crippen LogP contribution is -2.30. The third-order valence-electron chi connectivity index (χ3n) is 4.53. The zero-order valence-electron chi connectivity index (χ0n) is 16.9. The van der Waals surface area contributed by atoms with Crippen molar-refractivity contribution in [3.8, 4) is 0 Å². The topological polar surface area (TPSA) is 113 Å². The van der Waals surface area contributed by atoms with Gasteiger partial charge >= 0.3 is 0 Å². The van der Waals surface area contributed by atoms with Gasteiger partial charge in [-0.25, -0.2) is 22.8 Å². The fourth-order valence-electron chi connectivity index (χ4n) is 2.87. The first kappa shape index (κ1) is 22.9. The van der Waals surface area contributed by atoms with Crippen LogP contribution in [0.4, 0.5) is 33.1 Å². The zero-order chi connectivity index (χ0) is 22.6. The van der Waals surface area contributed by atoms with Gasteiger partial charge in [0.05, 0.1) is 10.6 Å². The molecule has 0 bridgehead atoms. The third kappa shape index (κ3) is 5.12. The number of nitrogens with zero attached hydrogens (tertiary/aromatic N) is 3. The molecule has 0 aliphatic carbocycles. The van der Waals surface area contributed by atoms with Crippen LogP contribution in [0.1, 0.15) is 13.8 Å². The van der Waals surface area contributed by atoms with E-state index in [9.17, 15) is 12.8 Å². The second-order valence-electron chi connectivity index (χ2n) is 6.47. The molecule has 0 fully saturated rings. The molecule has 164 valence electrons. The van der Waals surface area contributed by atoms with Gasteiger partial charge < -0.3 is 16.4 Å². The summed E-state index contributed by atoms with van der Waals surface area (Å²) in [6.45, 7) is 4.37. The number of sulfonamides is 1. The molecule has 1 aromatic heterocycles. The highest BCUT2D eigenvalue weighted by atomic mass is 79.9. The van der Waals surface area contributed by atoms with E-state index in [4.69, 9.17) is 5.73 Å². The van der Waals surface area contributed by atoms with Gasteiger partial charge in [0.25, 0.3) is 0 Å². The lowest BCUT2D eigenvalue weighted by Gasteiger charge is -2.18. The van der Waals surface area contributed by atoms with Crippen LogP contribution in [0.3, 0.4) is 0 Å². The third-order valence-corrected chi connectivity index (χ3v) is 7.09. The molecule has 11 heteroatoms. The lowest BCUT2D eigenvalue weighted by molar-refractivity contribution is 0.445. The summed E-state index contributed by atoms with van der Waals surface area (Å²) in [5.41, 5.74) is 7.14. The van der Waals surface area contributed by atoms with Crippen LogP contribution in [0, 0.1) is 5.82 Å². The summed E-state index contributed by atoms with van der Waals surface area (Å²) in [4.78, 5) is 8.40. The number of nitrogens with two attached hydrogens (primary N) is 1. The van der Waals surface area contributed by atoms with Crippen molar-refractivity contribution in [2.75, 3.05) is 29.5 Å². The van der Waals surface area contributed by atoms with Gasteiger partial charge in [0.1, 0.15) is 17.8 Å². The molecule has 0 amide bonds. The first-order valence-electron chi connectivity index (χ1n) is 9.46. The molecular formula is C20H22BrFN6O2S. The van der Waals surface area contributed by atoms with E-state index in [0.717, 1.165) is 0 Å². The molecule has 8 nitrogen and oxygen atoms in total. The Morgan fingerprint density at radius 3 is 2.23 bits per heavy atom. The van der Waals surface area contributed by atoms with Crippen molar-refractivity contribution < 1.29 is 12.8 Å². The van der Waals surface area contributed by atoms with Gasteiger partial charge in [0.2, 0.25) is 10.0 Å². The van der Waals surface area contributed by atoms with Crippen molar-refractivity contribution in [1.29, 1.82) is 0 Å². The Kier molecular flexibility index (Phi) is 7.08. The summed E-state index contributed by atoms with van der Waals surface area (Å²) < 4.78 is 41.3. The minimum Gasteiger partial charge on any atom is -0.393 e. The number of rotatable bonds is 8. The molecule has 0 aliphatic rings. The molecule has 0 aliphatic heterocycles. The predicted molar refractivity (Wildman–Crippen MR) is 124 cm³/mol. The van der Waals surface area contributed by atoms with Gasteiger partial charge in [-0.05, 0) is 42.5 Å². The Labute approximate surface area is 188 Å². The van der Waals surface area contributed by atoms with Gasteiger partial charge in [-0.15, -0.1) is 0 Å². The quantitative estimate of drug-likeness (QED) is 0.411. The standard InChI is InChI=1S/C20H22BrFN6O2S/c1-3-28(4-2)31(29,30)15-8-6-14(7-9-15)26-19-18(23)20(25-12-24-19)27-17-10-5-13(21)11-16(17)22/h5-12H,3-4,23H2,1-2H3,(H2,24,25,26,27). The Bertz CT molecular complexity index is 1170. The number of benzene rings is 2. The molecule has 0 spiro atoms. The van der Waals surface area contributed by atoms with Gasteiger partial charge in [-0.1, -0.05) is 29.8 Å². The number of aromatic nitrogens is 2. The minimum atomic E-state index is -3.54. The van der Waals surface area contributed by atoms with Crippen LogP contribution in [0.2, 0.25) is 0 Å². The summed E-state index contributed by atoms with van der Waals surface area (Å²) in [5.74, 6) is 0.0701. The van der Waals surface area contributed by atoms with Crippen LogP contribution in [0.25, 0.3) is 0 Å². The number of anilines is 5. The number of nitrogens with one attached hydrogen (secondary N) is 2. The maximum absolute atomic E-state index is 14.1. The highest BCUT2D eigenvalue weighted by molar-refractivity contribution is 9.10. The van der Waals surface area contributed by atoms with Gasteiger partial charge in [0.15, 0.2) is 11.6 Å². The Morgan fingerprint density at radius 2 is 1.65 bits per heavy atom. The van der Waals surface area contributed by atoms with Crippen LogP contribution >= 0.6 is 15.9 Å². The summed E-state index contributed by atoms with van der Waals surface area (Å²) in [7, 11) is -3.54. The van der Waals surface area contributed by atoms with Gasteiger partial charge in [0, 0.05) is 23.2 Å². The van der Waals surface area contributed by atoms with Gasteiger partial charge in [-0.3, -0.25) is 0 Å². The first-order chi connectivity index (χ1) is 14.8. The highest BCUT2D eigenvalue weighted by Crippen LogP contribution is 2.30. The van der Waals surface area contributed by atoms with E-state index in [1.54, 1.807) is 38.1 Å². The average Bonchev–Trinajstić information content (AvgIpc) is 2.74. The van der Waals surface area contributed by atoms with Crippen molar-refractivity contribution >= 4 is 54.7 Å². The second kappa shape index (κ2) is 9.58.